The molecule has 0 bridgehead atoms. The van der Waals surface area contributed by atoms with Crippen molar-refractivity contribution >= 4 is 0 Å². The van der Waals surface area contributed by atoms with Crippen molar-refractivity contribution in [1.29, 1.82) is 0 Å². The highest BCUT2D eigenvalue weighted by molar-refractivity contribution is 5.26. The zero-order valence-electron chi connectivity index (χ0n) is 9.82. The van der Waals surface area contributed by atoms with Gasteiger partial charge in [-0.2, -0.15) is 0 Å². The van der Waals surface area contributed by atoms with Crippen LogP contribution < -0.4 is 5.73 Å². The van der Waals surface area contributed by atoms with Gasteiger partial charge in [-0.1, -0.05) is 17.7 Å². The normalized spacial score (nSPS) is 12.6. The van der Waals surface area contributed by atoms with Crippen molar-refractivity contribution in [3.63, 3.8) is 0 Å². The summed E-state index contributed by atoms with van der Waals surface area (Å²) in [5, 5.41) is 0. The average Bonchev–Trinajstić information content (AvgIpc) is 2.82. The summed E-state index contributed by atoms with van der Waals surface area (Å²) in [6, 6.07) is 8.48. The number of nitrogens with two attached hydrogens (primary N) is 1. The maximum Gasteiger partial charge on any atom is 0.127 e. The van der Waals surface area contributed by atoms with Crippen molar-refractivity contribution in [2.75, 3.05) is 0 Å². The molecule has 0 aliphatic rings. The van der Waals surface area contributed by atoms with Crippen LogP contribution in [0.3, 0.4) is 0 Å². The van der Waals surface area contributed by atoms with Crippen LogP contribution in [0.5, 0.6) is 0 Å². The zero-order chi connectivity index (χ0) is 12.3. The SMILES string of the molecule is Cc1ccc(F)c(C(N)CCc2ccco2)c1. The predicted molar refractivity (Wildman–Crippen MR) is 65.1 cm³/mol. The van der Waals surface area contributed by atoms with E-state index in [0.717, 1.165) is 17.7 Å². The molecular weight excluding hydrogens is 217 g/mol. The molecule has 1 atom stereocenters. The fourth-order valence-corrected chi connectivity index (χ4v) is 1.86. The van der Waals surface area contributed by atoms with Gasteiger partial charge in [0.1, 0.15) is 11.6 Å². The van der Waals surface area contributed by atoms with Gasteiger partial charge in [-0.25, -0.2) is 4.39 Å². The lowest BCUT2D eigenvalue weighted by Gasteiger charge is -2.12. The molecule has 2 rings (SSSR count). The molecular formula is C14H16FNO. The van der Waals surface area contributed by atoms with Crippen LogP contribution in [0.1, 0.15) is 29.3 Å². The van der Waals surface area contributed by atoms with Gasteiger partial charge >= 0.3 is 0 Å². The first kappa shape index (κ1) is 11.9. The number of aryl methyl sites for hydroxylation is 2. The maximum atomic E-state index is 13.6. The molecule has 3 heteroatoms. The Kier molecular flexibility index (Phi) is 3.59. The van der Waals surface area contributed by atoms with Gasteiger partial charge in [0.25, 0.3) is 0 Å². The molecule has 0 saturated carbocycles. The van der Waals surface area contributed by atoms with Gasteiger partial charge in [-0.3, -0.25) is 0 Å². The smallest absolute Gasteiger partial charge is 0.127 e. The molecule has 1 unspecified atom stereocenters. The molecule has 2 N–H and O–H groups in total. The van der Waals surface area contributed by atoms with Gasteiger partial charge in [0, 0.05) is 18.0 Å². The van der Waals surface area contributed by atoms with E-state index in [1.54, 1.807) is 12.3 Å². The van der Waals surface area contributed by atoms with Crippen LogP contribution in [0.2, 0.25) is 0 Å². The van der Waals surface area contributed by atoms with E-state index in [4.69, 9.17) is 10.2 Å². The lowest BCUT2D eigenvalue weighted by Crippen LogP contribution is -2.13. The second-order valence-electron chi connectivity index (χ2n) is 4.25. The molecule has 0 amide bonds. The van der Waals surface area contributed by atoms with E-state index in [0.29, 0.717) is 12.0 Å². The number of halogens is 1. The van der Waals surface area contributed by atoms with E-state index in [9.17, 15) is 4.39 Å². The van der Waals surface area contributed by atoms with Crippen LogP contribution in [-0.2, 0) is 6.42 Å². The van der Waals surface area contributed by atoms with E-state index >= 15 is 0 Å². The van der Waals surface area contributed by atoms with Crippen LogP contribution in [0.25, 0.3) is 0 Å². The number of hydrogen-bond donors (Lipinski definition) is 1. The van der Waals surface area contributed by atoms with Gasteiger partial charge in [0.05, 0.1) is 6.26 Å². The highest BCUT2D eigenvalue weighted by atomic mass is 19.1. The van der Waals surface area contributed by atoms with E-state index in [1.807, 2.05) is 25.1 Å². The average molecular weight is 233 g/mol. The molecule has 0 radical (unpaired) electrons. The first-order valence-corrected chi connectivity index (χ1v) is 5.71. The molecule has 2 nitrogen and oxygen atoms in total. The Bertz CT molecular complexity index is 479. The monoisotopic (exact) mass is 233 g/mol. The van der Waals surface area contributed by atoms with E-state index in [2.05, 4.69) is 0 Å². The van der Waals surface area contributed by atoms with Gasteiger partial charge in [0.15, 0.2) is 0 Å². The van der Waals surface area contributed by atoms with Crippen LogP contribution in [0, 0.1) is 12.7 Å². The Hall–Kier alpha value is -1.61. The molecule has 0 spiro atoms. The highest BCUT2D eigenvalue weighted by Crippen LogP contribution is 2.21. The Morgan fingerprint density at radius 3 is 2.88 bits per heavy atom. The molecule has 1 heterocycles. The predicted octanol–water partition coefficient (Wildman–Crippen LogP) is 3.36. The topological polar surface area (TPSA) is 39.2 Å². The minimum absolute atomic E-state index is 0.234. The molecule has 90 valence electrons. The van der Waals surface area contributed by atoms with Crippen molar-refractivity contribution in [3.8, 4) is 0 Å². The molecule has 0 aliphatic carbocycles. The van der Waals surface area contributed by atoms with Crippen LogP contribution in [0.4, 0.5) is 4.39 Å². The summed E-state index contributed by atoms with van der Waals surface area (Å²) in [5.41, 5.74) is 7.60. The summed E-state index contributed by atoms with van der Waals surface area (Å²) in [6.45, 7) is 1.93. The summed E-state index contributed by atoms with van der Waals surface area (Å²) >= 11 is 0. The summed E-state index contributed by atoms with van der Waals surface area (Å²) in [6.07, 6.45) is 3.03. The Morgan fingerprint density at radius 2 is 2.18 bits per heavy atom. The first-order chi connectivity index (χ1) is 8.16. The quantitative estimate of drug-likeness (QED) is 0.879. The second kappa shape index (κ2) is 5.15. The lowest BCUT2D eigenvalue weighted by molar-refractivity contribution is 0.482. The third-order valence-electron chi connectivity index (χ3n) is 2.83. The number of hydrogen-bond acceptors (Lipinski definition) is 2. The van der Waals surface area contributed by atoms with Crippen molar-refractivity contribution < 1.29 is 8.81 Å². The zero-order valence-corrected chi connectivity index (χ0v) is 9.82. The van der Waals surface area contributed by atoms with Crippen molar-refractivity contribution in [1.82, 2.24) is 0 Å². The fraction of sp³-hybridized carbons (Fsp3) is 0.286. The molecule has 0 fully saturated rings. The van der Waals surface area contributed by atoms with E-state index in [-0.39, 0.29) is 11.9 Å². The summed E-state index contributed by atoms with van der Waals surface area (Å²) in [5.74, 6) is 0.649. The molecule has 0 aliphatic heterocycles. The van der Waals surface area contributed by atoms with Crippen molar-refractivity contribution in [3.05, 3.63) is 59.3 Å². The van der Waals surface area contributed by atoms with E-state index < -0.39 is 0 Å². The van der Waals surface area contributed by atoms with Crippen molar-refractivity contribution in [2.24, 2.45) is 5.73 Å². The number of benzene rings is 1. The van der Waals surface area contributed by atoms with Crippen LogP contribution >= 0.6 is 0 Å². The molecule has 1 aromatic carbocycles. The van der Waals surface area contributed by atoms with Crippen LogP contribution in [-0.4, -0.2) is 0 Å². The largest absolute Gasteiger partial charge is 0.469 e. The van der Waals surface area contributed by atoms with Gasteiger partial charge in [-0.05, 0) is 31.5 Å². The Morgan fingerprint density at radius 1 is 1.35 bits per heavy atom. The minimum Gasteiger partial charge on any atom is -0.469 e. The standard InChI is InChI=1S/C14H16FNO/c1-10-4-6-13(15)12(9-10)14(16)7-5-11-3-2-8-17-11/h2-4,6,8-9,14H,5,7,16H2,1H3. The highest BCUT2D eigenvalue weighted by Gasteiger charge is 2.12. The lowest BCUT2D eigenvalue weighted by atomic mass is 10.00. The van der Waals surface area contributed by atoms with Crippen molar-refractivity contribution in [2.45, 2.75) is 25.8 Å². The third kappa shape index (κ3) is 2.94. The Labute approximate surface area is 100 Å². The molecule has 0 saturated heterocycles. The fourth-order valence-electron chi connectivity index (χ4n) is 1.86. The number of furan rings is 1. The van der Waals surface area contributed by atoms with Gasteiger partial charge in [0.2, 0.25) is 0 Å². The van der Waals surface area contributed by atoms with Gasteiger partial charge < -0.3 is 10.2 Å². The van der Waals surface area contributed by atoms with Gasteiger partial charge in [-0.15, -0.1) is 0 Å². The molecule has 17 heavy (non-hydrogen) atoms. The summed E-state index contributed by atoms with van der Waals surface area (Å²) < 4.78 is 18.8. The van der Waals surface area contributed by atoms with E-state index in [1.165, 1.54) is 6.07 Å². The summed E-state index contributed by atoms with van der Waals surface area (Å²) in [4.78, 5) is 0. The van der Waals surface area contributed by atoms with Crippen LogP contribution in [0.15, 0.2) is 41.0 Å². The third-order valence-corrected chi connectivity index (χ3v) is 2.83. The maximum absolute atomic E-state index is 13.6. The second-order valence-corrected chi connectivity index (χ2v) is 4.25. The molecule has 2 aromatic rings. The minimum atomic E-state index is -0.292. The first-order valence-electron chi connectivity index (χ1n) is 5.71. The Balaban J connectivity index is 2.04. The number of rotatable bonds is 4. The summed E-state index contributed by atoms with van der Waals surface area (Å²) in [7, 11) is 0. The molecule has 1 aromatic heterocycles.